The molecule has 1 aromatic carbocycles. The predicted octanol–water partition coefficient (Wildman–Crippen LogP) is 2.68. The first-order valence-electron chi connectivity index (χ1n) is 6.99. The second-order valence-electron chi connectivity index (χ2n) is 5.42. The van der Waals surface area contributed by atoms with Crippen molar-refractivity contribution in [3.05, 3.63) is 29.3 Å². The molecule has 1 N–H and O–H groups in total. The topological polar surface area (TPSA) is 36.4 Å². The fourth-order valence-corrected chi connectivity index (χ4v) is 3.86. The van der Waals surface area contributed by atoms with Gasteiger partial charge in [0, 0.05) is 19.0 Å². The number of aliphatic hydroxyl groups is 1. The molecule has 1 saturated heterocycles. The Morgan fingerprint density at radius 2 is 2.32 bits per heavy atom. The Morgan fingerprint density at radius 3 is 3.11 bits per heavy atom. The zero-order chi connectivity index (χ0) is 13.2. The Balaban J connectivity index is 1.69. The van der Waals surface area contributed by atoms with Gasteiger partial charge in [-0.25, -0.2) is 4.98 Å². The van der Waals surface area contributed by atoms with Crippen LogP contribution in [-0.4, -0.2) is 40.2 Å². The number of rotatable bonds is 3. The third-order valence-corrected chi connectivity index (χ3v) is 4.92. The second-order valence-corrected chi connectivity index (χ2v) is 6.53. The highest BCUT2D eigenvalue weighted by Crippen LogP contribution is 2.24. The lowest BCUT2D eigenvalue weighted by atomic mass is 10.1. The van der Waals surface area contributed by atoms with Gasteiger partial charge in [-0.3, -0.25) is 4.90 Å². The second kappa shape index (κ2) is 5.57. The molecule has 3 nitrogen and oxygen atoms in total. The van der Waals surface area contributed by atoms with Gasteiger partial charge in [-0.15, -0.1) is 11.3 Å². The average Bonchev–Trinajstić information content (AvgIpc) is 2.80. The van der Waals surface area contributed by atoms with Crippen LogP contribution in [0.1, 0.15) is 24.8 Å². The Morgan fingerprint density at radius 1 is 1.47 bits per heavy atom. The van der Waals surface area contributed by atoms with Gasteiger partial charge in [0.25, 0.3) is 0 Å². The smallest absolute Gasteiger partial charge is 0.0954 e. The van der Waals surface area contributed by atoms with Gasteiger partial charge in [0.1, 0.15) is 0 Å². The average molecular weight is 276 g/mol. The molecule has 1 aromatic heterocycles. The molecule has 102 valence electrons. The van der Waals surface area contributed by atoms with Gasteiger partial charge < -0.3 is 5.11 Å². The van der Waals surface area contributed by atoms with Gasteiger partial charge in [-0.2, -0.15) is 0 Å². The summed E-state index contributed by atoms with van der Waals surface area (Å²) in [6.07, 6.45) is 2.88. The van der Waals surface area contributed by atoms with E-state index in [9.17, 15) is 5.11 Å². The fourth-order valence-electron chi connectivity index (χ4n) is 2.77. The van der Waals surface area contributed by atoms with E-state index in [0.29, 0.717) is 6.04 Å². The van der Waals surface area contributed by atoms with Crippen LogP contribution in [0.5, 0.6) is 0 Å². The van der Waals surface area contributed by atoms with E-state index in [0.717, 1.165) is 37.9 Å². The van der Waals surface area contributed by atoms with Crippen LogP contribution in [0, 0.1) is 0 Å². The van der Waals surface area contributed by atoms with E-state index < -0.39 is 0 Å². The summed E-state index contributed by atoms with van der Waals surface area (Å²) in [4.78, 5) is 7.09. The van der Waals surface area contributed by atoms with Crippen molar-refractivity contribution in [3.63, 3.8) is 0 Å². The number of piperidine rings is 1. The number of aliphatic hydroxyl groups excluding tert-OH is 1. The molecule has 1 fully saturated rings. The Bertz CT molecular complexity index is 521. The molecular weight excluding hydrogens is 256 g/mol. The van der Waals surface area contributed by atoms with E-state index in [1.807, 2.05) is 6.07 Å². The summed E-state index contributed by atoms with van der Waals surface area (Å²) in [6.45, 7) is 4.15. The van der Waals surface area contributed by atoms with Gasteiger partial charge in [-0.1, -0.05) is 12.1 Å². The lowest BCUT2D eigenvalue weighted by Crippen LogP contribution is -2.44. The van der Waals surface area contributed by atoms with Crippen molar-refractivity contribution in [2.75, 3.05) is 13.1 Å². The standard InChI is InChI=1S/C15H20N2OS/c1-11(17-8-4-5-12(18)10-17)9-15-16-13-6-2-3-7-14(13)19-15/h2-3,6-7,11-12,18H,4-5,8-10H2,1H3. The summed E-state index contributed by atoms with van der Waals surface area (Å²) in [6, 6.07) is 8.76. The maximum Gasteiger partial charge on any atom is 0.0954 e. The van der Waals surface area contributed by atoms with E-state index in [-0.39, 0.29) is 6.10 Å². The van der Waals surface area contributed by atoms with Crippen molar-refractivity contribution in [1.29, 1.82) is 0 Å². The van der Waals surface area contributed by atoms with Crippen molar-refractivity contribution < 1.29 is 5.11 Å². The third kappa shape index (κ3) is 2.96. The highest BCUT2D eigenvalue weighted by molar-refractivity contribution is 7.18. The highest BCUT2D eigenvalue weighted by Gasteiger charge is 2.22. The van der Waals surface area contributed by atoms with Gasteiger partial charge >= 0.3 is 0 Å². The lowest BCUT2D eigenvalue weighted by molar-refractivity contribution is 0.0507. The zero-order valence-corrected chi connectivity index (χ0v) is 12.1. The molecule has 0 spiro atoms. The third-order valence-electron chi connectivity index (χ3n) is 3.86. The van der Waals surface area contributed by atoms with Crippen LogP contribution in [0.2, 0.25) is 0 Å². The molecule has 19 heavy (non-hydrogen) atoms. The molecule has 2 unspecified atom stereocenters. The Hall–Kier alpha value is -0.970. The number of para-hydroxylation sites is 1. The molecule has 0 bridgehead atoms. The molecule has 0 radical (unpaired) electrons. The molecule has 0 saturated carbocycles. The number of thiazole rings is 1. The first-order valence-corrected chi connectivity index (χ1v) is 7.80. The molecule has 0 amide bonds. The van der Waals surface area contributed by atoms with Crippen molar-refractivity contribution >= 4 is 21.6 Å². The molecule has 0 aliphatic carbocycles. The number of fused-ring (bicyclic) bond motifs is 1. The van der Waals surface area contributed by atoms with Crippen molar-refractivity contribution in [2.45, 2.75) is 38.3 Å². The number of nitrogens with zero attached hydrogens (tertiary/aromatic N) is 2. The molecule has 4 heteroatoms. The summed E-state index contributed by atoms with van der Waals surface area (Å²) in [5.41, 5.74) is 1.10. The van der Waals surface area contributed by atoms with Crippen LogP contribution in [0.3, 0.4) is 0 Å². The van der Waals surface area contributed by atoms with Crippen molar-refractivity contribution in [1.82, 2.24) is 9.88 Å². The van der Waals surface area contributed by atoms with Crippen LogP contribution in [-0.2, 0) is 6.42 Å². The number of likely N-dealkylation sites (tertiary alicyclic amines) is 1. The number of hydrogen-bond donors (Lipinski definition) is 1. The Kier molecular flexibility index (Phi) is 3.82. The SMILES string of the molecule is CC(Cc1nc2ccccc2s1)N1CCCC(O)C1. The maximum atomic E-state index is 9.75. The van der Waals surface area contributed by atoms with Crippen molar-refractivity contribution in [2.24, 2.45) is 0 Å². The van der Waals surface area contributed by atoms with Crippen LogP contribution in [0.4, 0.5) is 0 Å². The molecule has 2 atom stereocenters. The Labute approximate surface area is 117 Å². The quantitative estimate of drug-likeness (QED) is 0.936. The zero-order valence-electron chi connectivity index (χ0n) is 11.2. The first-order chi connectivity index (χ1) is 9.22. The van der Waals surface area contributed by atoms with Crippen LogP contribution in [0.25, 0.3) is 10.2 Å². The van der Waals surface area contributed by atoms with Crippen LogP contribution in [0.15, 0.2) is 24.3 Å². The molecule has 2 heterocycles. The van der Waals surface area contributed by atoms with Crippen LogP contribution >= 0.6 is 11.3 Å². The largest absolute Gasteiger partial charge is 0.392 e. The van der Waals surface area contributed by atoms with Crippen LogP contribution < -0.4 is 0 Å². The summed E-state index contributed by atoms with van der Waals surface area (Å²) in [7, 11) is 0. The van der Waals surface area contributed by atoms with Gasteiger partial charge in [0.2, 0.25) is 0 Å². The fraction of sp³-hybridized carbons (Fsp3) is 0.533. The number of benzene rings is 1. The molecule has 1 aliphatic rings. The molecular formula is C15H20N2OS. The normalized spacial score (nSPS) is 22.7. The summed E-state index contributed by atoms with van der Waals surface area (Å²) >= 11 is 1.79. The summed E-state index contributed by atoms with van der Waals surface area (Å²) in [5.74, 6) is 0. The summed E-state index contributed by atoms with van der Waals surface area (Å²) in [5, 5.41) is 11.0. The van der Waals surface area contributed by atoms with E-state index in [1.54, 1.807) is 11.3 Å². The van der Waals surface area contributed by atoms with E-state index in [4.69, 9.17) is 4.98 Å². The number of β-amino-alcohol motifs (C(OH)–C–C–N with tert-alkyl or cyclic N) is 1. The molecule has 2 aromatic rings. The monoisotopic (exact) mass is 276 g/mol. The minimum atomic E-state index is -0.147. The maximum absolute atomic E-state index is 9.75. The lowest BCUT2D eigenvalue weighted by Gasteiger charge is -2.34. The summed E-state index contributed by atoms with van der Waals surface area (Å²) < 4.78 is 1.27. The predicted molar refractivity (Wildman–Crippen MR) is 79.6 cm³/mol. The van der Waals surface area contributed by atoms with E-state index in [1.165, 1.54) is 9.71 Å². The number of hydrogen-bond acceptors (Lipinski definition) is 4. The van der Waals surface area contributed by atoms with Crippen molar-refractivity contribution in [3.8, 4) is 0 Å². The minimum Gasteiger partial charge on any atom is -0.392 e. The molecule has 3 rings (SSSR count). The van der Waals surface area contributed by atoms with E-state index >= 15 is 0 Å². The first kappa shape index (κ1) is 13.0. The van der Waals surface area contributed by atoms with E-state index in [2.05, 4.69) is 30.0 Å². The van der Waals surface area contributed by atoms with Gasteiger partial charge in [-0.05, 0) is 38.4 Å². The minimum absolute atomic E-state index is 0.147. The van der Waals surface area contributed by atoms with Gasteiger partial charge in [0.05, 0.1) is 21.3 Å². The molecule has 1 aliphatic heterocycles. The highest BCUT2D eigenvalue weighted by atomic mass is 32.1. The van der Waals surface area contributed by atoms with Gasteiger partial charge in [0.15, 0.2) is 0 Å². The number of aromatic nitrogens is 1.